The molecule has 0 aromatic carbocycles. The van der Waals surface area contributed by atoms with Crippen LogP contribution >= 0.6 is 0 Å². The lowest BCUT2D eigenvalue weighted by molar-refractivity contribution is 0.518. The summed E-state index contributed by atoms with van der Waals surface area (Å²) in [5.41, 5.74) is -0.681. The van der Waals surface area contributed by atoms with Gasteiger partial charge in [0.2, 0.25) is 0 Å². The van der Waals surface area contributed by atoms with E-state index in [1.165, 1.54) is 6.20 Å². The Kier molecular flexibility index (Phi) is 2.40. The fraction of sp³-hybridized carbons (Fsp3) is 0.111. The van der Waals surface area contributed by atoms with Crippen molar-refractivity contribution in [3.63, 3.8) is 0 Å². The number of aromatic amines is 2. The Morgan fingerprint density at radius 2 is 2.27 bits per heavy atom. The van der Waals surface area contributed by atoms with E-state index in [0.29, 0.717) is 18.0 Å². The summed E-state index contributed by atoms with van der Waals surface area (Å²) in [7, 11) is 0. The SMILES string of the molecule is O=c1[nH]cc(NCc2ccco2)c(=O)[nH]1. The minimum Gasteiger partial charge on any atom is -0.467 e. The molecule has 0 aliphatic heterocycles. The number of aromatic nitrogens is 2. The maximum absolute atomic E-state index is 11.2. The van der Waals surface area contributed by atoms with Gasteiger partial charge in [0.05, 0.1) is 12.8 Å². The average molecular weight is 207 g/mol. The minimum absolute atomic E-state index is 0.297. The maximum Gasteiger partial charge on any atom is 0.325 e. The Morgan fingerprint density at radius 1 is 1.40 bits per heavy atom. The predicted octanol–water partition coefficient (Wildman–Crippen LogP) is 0.268. The molecule has 0 saturated carbocycles. The molecule has 2 heterocycles. The lowest BCUT2D eigenvalue weighted by atomic mass is 10.4. The minimum atomic E-state index is -0.524. The van der Waals surface area contributed by atoms with Crippen LogP contribution in [0.15, 0.2) is 38.6 Å². The fourth-order valence-electron chi connectivity index (χ4n) is 1.14. The van der Waals surface area contributed by atoms with E-state index in [9.17, 15) is 9.59 Å². The number of furan rings is 1. The summed E-state index contributed by atoms with van der Waals surface area (Å²) >= 11 is 0. The number of hydrogen-bond donors (Lipinski definition) is 3. The van der Waals surface area contributed by atoms with Crippen molar-refractivity contribution >= 4 is 5.69 Å². The average Bonchev–Trinajstić information content (AvgIpc) is 2.69. The van der Waals surface area contributed by atoms with Gasteiger partial charge in [-0.2, -0.15) is 0 Å². The molecule has 0 radical (unpaired) electrons. The van der Waals surface area contributed by atoms with E-state index < -0.39 is 11.2 Å². The van der Waals surface area contributed by atoms with Gasteiger partial charge in [0.25, 0.3) is 5.56 Å². The van der Waals surface area contributed by atoms with Crippen molar-refractivity contribution in [1.82, 2.24) is 9.97 Å². The molecule has 78 valence electrons. The van der Waals surface area contributed by atoms with Crippen LogP contribution in [0.1, 0.15) is 5.76 Å². The monoisotopic (exact) mass is 207 g/mol. The second-order valence-corrected chi connectivity index (χ2v) is 2.92. The molecule has 2 aromatic rings. The molecule has 0 spiro atoms. The van der Waals surface area contributed by atoms with Gasteiger partial charge in [-0.1, -0.05) is 0 Å². The molecule has 2 aromatic heterocycles. The number of anilines is 1. The van der Waals surface area contributed by atoms with E-state index in [0.717, 1.165) is 0 Å². The first kappa shape index (κ1) is 9.32. The molecule has 0 fully saturated rings. The van der Waals surface area contributed by atoms with Gasteiger partial charge < -0.3 is 14.7 Å². The maximum atomic E-state index is 11.2. The lowest BCUT2D eigenvalue weighted by Gasteiger charge is -2.01. The zero-order valence-corrected chi connectivity index (χ0v) is 7.74. The molecule has 6 heteroatoms. The number of rotatable bonds is 3. The van der Waals surface area contributed by atoms with Crippen LogP contribution in [0.3, 0.4) is 0 Å². The Labute approximate surface area is 84.0 Å². The summed E-state index contributed by atoms with van der Waals surface area (Å²) in [6.07, 6.45) is 2.87. The smallest absolute Gasteiger partial charge is 0.325 e. The summed E-state index contributed by atoms with van der Waals surface area (Å²) in [5.74, 6) is 0.709. The quantitative estimate of drug-likeness (QED) is 0.673. The van der Waals surface area contributed by atoms with Gasteiger partial charge in [-0.05, 0) is 12.1 Å². The topological polar surface area (TPSA) is 90.9 Å². The second-order valence-electron chi connectivity index (χ2n) is 2.92. The Hall–Kier alpha value is -2.24. The van der Waals surface area contributed by atoms with Gasteiger partial charge in [0, 0.05) is 6.20 Å². The highest BCUT2D eigenvalue weighted by molar-refractivity contribution is 5.37. The molecule has 0 bridgehead atoms. The van der Waals surface area contributed by atoms with Crippen molar-refractivity contribution in [2.24, 2.45) is 0 Å². The first-order valence-corrected chi connectivity index (χ1v) is 4.34. The van der Waals surface area contributed by atoms with Crippen LogP contribution in [0.4, 0.5) is 5.69 Å². The summed E-state index contributed by atoms with van der Waals surface area (Å²) in [4.78, 5) is 26.4. The number of nitrogens with one attached hydrogen (secondary N) is 3. The molecule has 0 amide bonds. The fourth-order valence-corrected chi connectivity index (χ4v) is 1.14. The molecule has 3 N–H and O–H groups in total. The Morgan fingerprint density at radius 3 is 2.93 bits per heavy atom. The normalized spacial score (nSPS) is 10.1. The zero-order chi connectivity index (χ0) is 10.7. The third-order valence-corrected chi connectivity index (χ3v) is 1.85. The molecule has 15 heavy (non-hydrogen) atoms. The Bertz CT molecular complexity index is 538. The van der Waals surface area contributed by atoms with Crippen LogP contribution in [0.25, 0.3) is 0 Å². The van der Waals surface area contributed by atoms with Crippen LogP contribution in [0.5, 0.6) is 0 Å². The summed E-state index contributed by atoms with van der Waals surface area (Å²) < 4.78 is 5.07. The predicted molar refractivity (Wildman–Crippen MR) is 53.7 cm³/mol. The van der Waals surface area contributed by atoms with Crippen molar-refractivity contribution in [1.29, 1.82) is 0 Å². The van der Waals surface area contributed by atoms with Gasteiger partial charge in [-0.3, -0.25) is 9.78 Å². The molecule has 6 nitrogen and oxygen atoms in total. The van der Waals surface area contributed by atoms with Crippen molar-refractivity contribution in [2.45, 2.75) is 6.54 Å². The highest BCUT2D eigenvalue weighted by Gasteiger charge is 2.00. The molecule has 0 saturated heterocycles. The van der Waals surface area contributed by atoms with E-state index in [1.807, 2.05) is 0 Å². The van der Waals surface area contributed by atoms with Crippen LogP contribution in [-0.2, 0) is 6.54 Å². The lowest BCUT2D eigenvalue weighted by Crippen LogP contribution is -2.24. The van der Waals surface area contributed by atoms with E-state index in [-0.39, 0.29) is 0 Å². The highest BCUT2D eigenvalue weighted by Crippen LogP contribution is 2.02. The van der Waals surface area contributed by atoms with Crippen molar-refractivity contribution < 1.29 is 4.42 Å². The molecule has 0 unspecified atom stereocenters. The summed E-state index contributed by atoms with van der Waals surface area (Å²) in [5, 5.41) is 2.83. The third-order valence-electron chi connectivity index (χ3n) is 1.85. The molecule has 0 atom stereocenters. The second kappa shape index (κ2) is 3.87. The first-order valence-electron chi connectivity index (χ1n) is 4.34. The van der Waals surface area contributed by atoms with E-state index in [2.05, 4.69) is 15.3 Å². The van der Waals surface area contributed by atoms with Crippen molar-refractivity contribution in [3.8, 4) is 0 Å². The van der Waals surface area contributed by atoms with Gasteiger partial charge in [-0.15, -0.1) is 0 Å². The van der Waals surface area contributed by atoms with Crippen LogP contribution in [-0.4, -0.2) is 9.97 Å². The molecule has 2 rings (SSSR count). The highest BCUT2D eigenvalue weighted by atomic mass is 16.3. The van der Waals surface area contributed by atoms with Crippen LogP contribution in [0.2, 0.25) is 0 Å². The molecular weight excluding hydrogens is 198 g/mol. The van der Waals surface area contributed by atoms with Crippen LogP contribution < -0.4 is 16.6 Å². The van der Waals surface area contributed by atoms with Gasteiger partial charge in [0.15, 0.2) is 0 Å². The van der Waals surface area contributed by atoms with E-state index in [4.69, 9.17) is 4.42 Å². The molecule has 0 aliphatic rings. The van der Waals surface area contributed by atoms with Gasteiger partial charge >= 0.3 is 5.69 Å². The van der Waals surface area contributed by atoms with Crippen molar-refractivity contribution in [2.75, 3.05) is 5.32 Å². The summed E-state index contributed by atoms with van der Waals surface area (Å²) in [6.45, 7) is 0.391. The van der Waals surface area contributed by atoms with Crippen LogP contribution in [0, 0.1) is 0 Å². The zero-order valence-electron chi connectivity index (χ0n) is 7.74. The summed E-state index contributed by atoms with van der Waals surface area (Å²) in [6, 6.07) is 3.54. The number of hydrogen-bond acceptors (Lipinski definition) is 4. The third kappa shape index (κ3) is 2.16. The first-order chi connectivity index (χ1) is 7.25. The number of H-pyrrole nitrogens is 2. The van der Waals surface area contributed by atoms with Gasteiger partial charge in [-0.25, -0.2) is 4.79 Å². The van der Waals surface area contributed by atoms with Gasteiger partial charge in [0.1, 0.15) is 11.4 Å². The standard InChI is InChI=1S/C9H9N3O3/c13-8-7(5-11-9(14)12-8)10-4-6-2-1-3-15-6/h1-3,5,10H,4H2,(H2,11,12,13,14). The van der Waals surface area contributed by atoms with Crippen molar-refractivity contribution in [3.05, 3.63) is 51.2 Å². The van der Waals surface area contributed by atoms with E-state index >= 15 is 0 Å². The largest absolute Gasteiger partial charge is 0.467 e. The Balaban J connectivity index is 2.12. The molecular formula is C9H9N3O3. The molecule has 0 aliphatic carbocycles. The van der Waals surface area contributed by atoms with E-state index in [1.54, 1.807) is 18.4 Å².